The number of fused-ring (bicyclic) bond motifs is 6. The zero-order valence-electron chi connectivity index (χ0n) is 20.9. The Hall–Kier alpha value is -2.74. The highest BCUT2D eigenvalue weighted by molar-refractivity contribution is 6.14. The van der Waals surface area contributed by atoms with Crippen molar-refractivity contribution in [2.24, 2.45) is 0 Å². The van der Waals surface area contributed by atoms with Gasteiger partial charge in [-0.05, 0) is 73.2 Å². The summed E-state index contributed by atoms with van der Waals surface area (Å²) in [6, 6.07) is 17.8. The van der Waals surface area contributed by atoms with Crippen molar-refractivity contribution in [2.75, 3.05) is 0 Å². The highest BCUT2D eigenvalue weighted by atomic mass is 16.3. The van der Waals surface area contributed by atoms with E-state index in [0.29, 0.717) is 0 Å². The zero-order chi connectivity index (χ0) is 23.3. The lowest BCUT2D eigenvalue weighted by Gasteiger charge is -2.02. The van der Waals surface area contributed by atoms with Gasteiger partial charge in [0.15, 0.2) is 0 Å². The average molecular weight is 455 g/mol. The number of benzene rings is 3. The van der Waals surface area contributed by atoms with E-state index in [0.717, 1.165) is 45.9 Å². The Morgan fingerprint density at radius 1 is 0.441 bits per heavy atom. The molecule has 0 aliphatic rings. The van der Waals surface area contributed by atoms with Crippen molar-refractivity contribution < 1.29 is 8.83 Å². The summed E-state index contributed by atoms with van der Waals surface area (Å²) in [5, 5.41) is 4.73. The Morgan fingerprint density at radius 2 is 0.853 bits per heavy atom. The molecular formula is C32H38O2. The first-order chi connectivity index (χ1) is 16.8. The maximum Gasteiger partial charge on any atom is 0.136 e. The molecule has 2 heterocycles. The van der Waals surface area contributed by atoms with E-state index in [1.54, 1.807) is 0 Å². The van der Waals surface area contributed by atoms with Gasteiger partial charge in [-0.15, -0.1) is 0 Å². The Labute approximate surface area is 203 Å². The lowest BCUT2D eigenvalue weighted by molar-refractivity contribution is 0.632. The van der Waals surface area contributed by atoms with E-state index in [-0.39, 0.29) is 0 Å². The molecule has 0 unspecified atom stereocenters. The van der Waals surface area contributed by atoms with E-state index in [9.17, 15) is 0 Å². The Morgan fingerprint density at radius 3 is 1.29 bits per heavy atom. The van der Waals surface area contributed by atoms with Gasteiger partial charge >= 0.3 is 0 Å². The van der Waals surface area contributed by atoms with Gasteiger partial charge in [0.05, 0.1) is 0 Å². The van der Waals surface area contributed by atoms with E-state index in [4.69, 9.17) is 8.83 Å². The Kier molecular flexibility index (Phi) is 7.23. The minimum atomic E-state index is 0.954. The first-order valence-electron chi connectivity index (χ1n) is 13.6. The number of hydrogen-bond donors (Lipinski definition) is 0. The third-order valence-electron chi connectivity index (χ3n) is 7.33. The molecule has 2 heteroatoms. The van der Waals surface area contributed by atoms with Crippen molar-refractivity contribution in [3.8, 4) is 0 Å². The van der Waals surface area contributed by atoms with E-state index < -0.39 is 0 Å². The molecule has 0 N–H and O–H groups in total. The number of unbranched alkanes of at least 4 members (excludes halogenated alkanes) is 8. The van der Waals surface area contributed by atoms with Crippen molar-refractivity contribution in [1.82, 2.24) is 0 Å². The Bertz CT molecular complexity index is 1280. The largest absolute Gasteiger partial charge is 0.456 e. The fourth-order valence-corrected chi connectivity index (χ4v) is 5.32. The summed E-state index contributed by atoms with van der Waals surface area (Å²) in [4.78, 5) is 0. The molecule has 34 heavy (non-hydrogen) atoms. The first kappa shape index (κ1) is 23.0. The molecule has 5 aromatic rings. The van der Waals surface area contributed by atoms with Crippen LogP contribution in [0.5, 0.6) is 0 Å². The van der Waals surface area contributed by atoms with Crippen LogP contribution in [0, 0.1) is 0 Å². The van der Waals surface area contributed by atoms with Crippen LogP contribution in [0.3, 0.4) is 0 Å². The molecule has 0 saturated heterocycles. The van der Waals surface area contributed by atoms with Crippen molar-refractivity contribution in [3.05, 3.63) is 59.7 Å². The Balaban J connectivity index is 1.41. The predicted octanol–water partition coefficient (Wildman–Crippen LogP) is 10.5. The van der Waals surface area contributed by atoms with Crippen molar-refractivity contribution >= 4 is 43.9 Å². The molecule has 0 saturated carbocycles. The fourth-order valence-electron chi connectivity index (χ4n) is 5.32. The van der Waals surface area contributed by atoms with E-state index >= 15 is 0 Å². The van der Waals surface area contributed by atoms with Gasteiger partial charge in [-0.2, -0.15) is 0 Å². The normalized spacial score (nSPS) is 12.1. The van der Waals surface area contributed by atoms with E-state index in [2.05, 4.69) is 62.4 Å². The summed E-state index contributed by atoms with van der Waals surface area (Å²) in [7, 11) is 0. The van der Waals surface area contributed by atoms with Gasteiger partial charge < -0.3 is 8.83 Å². The summed E-state index contributed by atoms with van der Waals surface area (Å²) < 4.78 is 12.6. The smallest absolute Gasteiger partial charge is 0.136 e. The first-order valence-corrected chi connectivity index (χ1v) is 13.6. The number of aryl methyl sites for hydroxylation is 2. The number of rotatable bonds is 12. The average Bonchev–Trinajstić information content (AvgIpc) is 3.39. The van der Waals surface area contributed by atoms with Gasteiger partial charge in [-0.3, -0.25) is 0 Å². The van der Waals surface area contributed by atoms with Crippen LogP contribution >= 0.6 is 0 Å². The molecule has 0 aliphatic heterocycles. The highest BCUT2D eigenvalue weighted by Gasteiger charge is 2.14. The van der Waals surface area contributed by atoms with E-state index in [1.807, 2.05) is 0 Å². The van der Waals surface area contributed by atoms with Crippen molar-refractivity contribution in [3.63, 3.8) is 0 Å². The molecule has 0 amide bonds. The molecule has 0 fully saturated rings. The molecule has 2 aromatic heterocycles. The molecule has 0 bridgehead atoms. The van der Waals surface area contributed by atoms with Crippen LogP contribution in [0.2, 0.25) is 0 Å². The molecule has 0 spiro atoms. The van der Waals surface area contributed by atoms with Crippen LogP contribution in [0.15, 0.2) is 57.4 Å². The van der Waals surface area contributed by atoms with Crippen LogP contribution in [0.1, 0.15) is 89.2 Å². The summed E-state index contributed by atoms with van der Waals surface area (Å²) in [6.07, 6.45) is 15.4. The van der Waals surface area contributed by atoms with Crippen LogP contribution in [0.4, 0.5) is 0 Å². The van der Waals surface area contributed by atoms with Crippen LogP contribution < -0.4 is 0 Å². The second-order valence-corrected chi connectivity index (χ2v) is 10.0. The standard InChI is InChI=1S/C32H38O2/c1-3-5-7-9-11-13-23-15-17-29-25(19-23)27-21-32-28(22-31(27)33-29)26-20-24(16-18-30(26)34-32)14-12-10-8-6-4-2/h15-22H,3-14H2,1-2H3. The summed E-state index contributed by atoms with van der Waals surface area (Å²) in [6.45, 7) is 4.54. The van der Waals surface area contributed by atoms with Crippen molar-refractivity contribution in [1.29, 1.82) is 0 Å². The minimum Gasteiger partial charge on any atom is -0.456 e. The SMILES string of the molecule is CCCCCCCc1ccc2oc3cc4c(cc3c2c1)oc1ccc(CCCCCCC)cc14. The van der Waals surface area contributed by atoms with Crippen LogP contribution in [-0.4, -0.2) is 0 Å². The molecule has 0 atom stereocenters. The quantitative estimate of drug-likeness (QED) is 0.175. The van der Waals surface area contributed by atoms with Gasteiger partial charge in [-0.1, -0.05) is 77.3 Å². The second kappa shape index (κ2) is 10.7. The highest BCUT2D eigenvalue weighted by Crippen LogP contribution is 2.37. The zero-order valence-corrected chi connectivity index (χ0v) is 20.9. The maximum atomic E-state index is 6.28. The summed E-state index contributed by atoms with van der Waals surface area (Å²) in [5.41, 5.74) is 6.65. The third-order valence-corrected chi connectivity index (χ3v) is 7.33. The lowest BCUT2D eigenvalue weighted by Crippen LogP contribution is -1.86. The lowest BCUT2D eigenvalue weighted by atomic mass is 10.0. The molecule has 178 valence electrons. The van der Waals surface area contributed by atoms with Gasteiger partial charge in [0.1, 0.15) is 22.3 Å². The second-order valence-electron chi connectivity index (χ2n) is 10.0. The number of hydrogen-bond acceptors (Lipinski definition) is 2. The topological polar surface area (TPSA) is 26.3 Å². The minimum absolute atomic E-state index is 0.954. The monoisotopic (exact) mass is 454 g/mol. The van der Waals surface area contributed by atoms with Crippen molar-refractivity contribution in [2.45, 2.75) is 90.9 Å². The third kappa shape index (κ3) is 4.87. The summed E-state index contributed by atoms with van der Waals surface area (Å²) >= 11 is 0. The fraction of sp³-hybridized carbons (Fsp3) is 0.438. The van der Waals surface area contributed by atoms with E-state index in [1.165, 1.54) is 86.1 Å². The molecule has 3 aromatic carbocycles. The molecule has 2 nitrogen and oxygen atoms in total. The predicted molar refractivity (Wildman–Crippen MR) is 146 cm³/mol. The summed E-state index contributed by atoms with van der Waals surface area (Å²) in [5.74, 6) is 0. The maximum absolute atomic E-state index is 6.28. The molecule has 5 rings (SSSR count). The van der Waals surface area contributed by atoms with Gasteiger partial charge in [0, 0.05) is 21.5 Å². The number of furan rings is 2. The van der Waals surface area contributed by atoms with Crippen LogP contribution in [0.25, 0.3) is 43.9 Å². The van der Waals surface area contributed by atoms with Gasteiger partial charge in [-0.25, -0.2) is 0 Å². The molecular weight excluding hydrogens is 416 g/mol. The van der Waals surface area contributed by atoms with Crippen LogP contribution in [-0.2, 0) is 12.8 Å². The molecule has 0 aliphatic carbocycles. The molecule has 0 radical (unpaired) electrons. The van der Waals surface area contributed by atoms with Gasteiger partial charge in [0.25, 0.3) is 0 Å². The van der Waals surface area contributed by atoms with Gasteiger partial charge in [0.2, 0.25) is 0 Å².